The van der Waals surface area contributed by atoms with E-state index < -0.39 is 11.8 Å². The Morgan fingerprint density at radius 3 is 1.75 bits per heavy atom. The van der Waals surface area contributed by atoms with Crippen LogP contribution in [0.1, 0.15) is 10.4 Å². The van der Waals surface area contributed by atoms with Crippen molar-refractivity contribution in [3.8, 4) is 16.9 Å². The molecule has 0 N–H and O–H groups in total. The lowest BCUT2D eigenvalue weighted by Gasteiger charge is -2.05. The molecule has 0 aromatic heterocycles. The van der Waals surface area contributed by atoms with Crippen LogP contribution in [0.5, 0.6) is 5.75 Å². The molecule has 0 spiro atoms. The van der Waals surface area contributed by atoms with E-state index in [0.29, 0.717) is 5.56 Å². The number of rotatable bonds is 4. The van der Waals surface area contributed by atoms with Crippen molar-refractivity contribution >= 4 is 11.8 Å². The first kappa shape index (κ1) is 13.8. The quantitative estimate of drug-likeness (QED) is 0.487. The van der Waals surface area contributed by atoms with Crippen LogP contribution < -0.4 is 4.74 Å². The van der Waals surface area contributed by atoms with Crippen molar-refractivity contribution in [1.82, 2.24) is 0 Å². The molecule has 2 rings (SSSR count). The van der Waals surface area contributed by atoms with E-state index in [4.69, 9.17) is 4.74 Å². The van der Waals surface area contributed by atoms with Crippen molar-refractivity contribution in [2.75, 3.05) is 14.2 Å². The maximum absolute atomic E-state index is 11.6. The van der Waals surface area contributed by atoms with Crippen molar-refractivity contribution in [3.63, 3.8) is 0 Å². The average molecular weight is 270 g/mol. The fourth-order valence-corrected chi connectivity index (χ4v) is 1.81. The summed E-state index contributed by atoms with van der Waals surface area (Å²) in [5.74, 6) is -0.720. The zero-order valence-corrected chi connectivity index (χ0v) is 11.3. The summed E-state index contributed by atoms with van der Waals surface area (Å²) in [6.07, 6.45) is 0. The van der Waals surface area contributed by atoms with Gasteiger partial charge in [0.15, 0.2) is 0 Å². The molecule has 0 amide bonds. The summed E-state index contributed by atoms with van der Waals surface area (Å²) in [5.41, 5.74) is 2.27. The Labute approximate surface area is 116 Å². The Bertz CT molecular complexity index is 612. The molecule has 2 aromatic carbocycles. The van der Waals surface area contributed by atoms with Crippen molar-refractivity contribution < 1.29 is 19.1 Å². The van der Waals surface area contributed by atoms with Crippen LogP contribution in [0.2, 0.25) is 0 Å². The van der Waals surface area contributed by atoms with Gasteiger partial charge in [0, 0.05) is 5.56 Å². The molecule has 0 saturated heterocycles. The lowest BCUT2D eigenvalue weighted by Crippen LogP contribution is -2.15. The average Bonchev–Trinajstić information content (AvgIpc) is 2.53. The fraction of sp³-hybridized carbons (Fsp3) is 0.125. The van der Waals surface area contributed by atoms with Gasteiger partial charge in [0.1, 0.15) is 5.75 Å². The van der Waals surface area contributed by atoms with Gasteiger partial charge >= 0.3 is 5.97 Å². The first-order valence-electron chi connectivity index (χ1n) is 6.03. The number of benzene rings is 2. The lowest BCUT2D eigenvalue weighted by atomic mass is 10.0. The molecule has 2 aromatic rings. The highest BCUT2D eigenvalue weighted by Crippen LogP contribution is 2.22. The molecule has 0 aliphatic rings. The minimum Gasteiger partial charge on any atom is -0.497 e. The normalized spacial score (nSPS) is 9.90. The van der Waals surface area contributed by atoms with Gasteiger partial charge in [-0.2, -0.15) is 0 Å². The largest absolute Gasteiger partial charge is 0.497 e. The van der Waals surface area contributed by atoms with Crippen molar-refractivity contribution in [2.45, 2.75) is 0 Å². The zero-order chi connectivity index (χ0) is 14.5. The zero-order valence-electron chi connectivity index (χ0n) is 11.3. The van der Waals surface area contributed by atoms with E-state index >= 15 is 0 Å². The second kappa shape index (κ2) is 6.02. The maximum atomic E-state index is 11.6. The summed E-state index contributed by atoms with van der Waals surface area (Å²) >= 11 is 0. The van der Waals surface area contributed by atoms with Gasteiger partial charge in [-0.25, -0.2) is 4.79 Å². The third kappa shape index (κ3) is 2.85. The second-order valence-corrected chi connectivity index (χ2v) is 4.13. The van der Waals surface area contributed by atoms with Gasteiger partial charge in [-0.15, -0.1) is 0 Å². The lowest BCUT2D eigenvalue weighted by molar-refractivity contribution is -0.135. The highest BCUT2D eigenvalue weighted by Gasteiger charge is 2.16. The molecule has 0 atom stereocenters. The third-order valence-corrected chi connectivity index (χ3v) is 2.94. The molecule has 0 radical (unpaired) electrons. The molecule has 0 unspecified atom stereocenters. The topological polar surface area (TPSA) is 52.6 Å². The van der Waals surface area contributed by atoms with Crippen LogP contribution in [-0.2, 0) is 9.53 Å². The van der Waals surface area contributed by atoms with E-state index in [-0.39, 0.29) is 0 Å². The van der Waals surface area contributed by atoms with Gasteiger partial charge < -0.3 is 9.47 Å². The number of esters is 1. The number of methoxy groups -OCH3 is 2. The molecule has 0 aliphatic carbocycles. The van der Waals surface area contributed by atoms with Crippen LogP contribution in [0.4, 0.5) is 0 Å². The van der Waals surface area contributed by atoms with Crippen LogP contribution >= 0.6 is 0 Å². The summed E-state index contributed by atoms with van der Waals surface area (Å²) in [7, 11) is 2.80. The molecular formula is C16H14O4. The van der Waals surface area contributed by atoms with E-state index in [2.05, 4.69) is 4.74 Å². The smallest absolute Gasteiger partial charge is 0.379 e. The molecule has 4 nitrogen and oxygen atoms in total. The third-order valence-electron chi connectivity index (χ3n) is 2.94. The second-order valence-electron chi connectivity index (χ2n) is 4.13. The molecule has 4 heteroatoms. The summed E-state index contributed by atoms with van der Waals surface area (Å²) in [4.78, 5) is 22.8. The number of carbonyl (C=O) groups excluding carboxylic acids is 2. The molecule has 0 heterocycles. The Hall–Kier alpha value is -2.62. The predicted octanol–water partition coefficient (Wildman–Crippen LogP) is 2.72. The highest BCUT2D eigenvalue weighted by atomic mass is 16.5. The van der Waals surface area contributed by atoms with Crippen LogP contribution in [0.25, 0.3) is 11.1 Å². The molecule has 0 fully saturated rings. The van der Waals surface area contributed by atoms with Gasteiger partial charge in [-0.1, -0.05) is 36.4 Å². The van der Waals surface area contributed by atoms with E-state index in [9.17, 15) is 9.59 Å². The first-order valence-corrected chi connectivity index (χ1v) is 6.03. The summed E-state index contributed by atoms with van der Waals surface area (Å²) in [6, 6.07) is 14.4. The number of hydrogen-bond acceptors (Lipinski definition) is 4. The highest BCUT2D eigenvalue weighted by molar-refractivity contribution is 6.40. The molecule has 0 saturated carbocycles. The standard InChI is InChI=1S/C16H14O4/c1-19-14-9-7-12(8-10-14)11-3-5-13(6-4-11)15(17)16(18)20-2/h3-10H,1-2H3. The SMILES string of the molecule is COC(=O)C(=O)c1ccc(-c2ccc(OC)cc2)cc1. The summed E-state index contributed by atoms with van der Waals surface area (Å²) in [5, 5.41) is 0. The van der Waals surface area contributed by atoms with Crippen LogP contribution in [-0.4, -0.2) is 26.0 Å². The fourth-order valence-electron chi connectivity index (χ4n) is 1.81. The van der Waals surface area contributed by atoms with E-state index in [1.54, 1.807) is 31.4 Å². The minimum absolute atomic E-state index is 0.314. The van der Waals surface area contributed by atoms with E-state index in [0.717, 1.165) is 16.9 Å². The minimum atomic E-state index is -0.859. The number of Topliss-reactive ketones (excluding diaryl/α,β-unsaturated/α-hetero) is 1. The van der Waals surface area contributed by atoms with Gasteiger partial charge in [-0.05, 0) is 23.3 Å². The van der Waals surface area contributed by atoms with Crippen molar-refractivity contribution in [3.05, 3.63) is 54.1 Å². The Morgan fingerprint density at radius 2 is 1.30 bits per heavy atom. The number of ether oxygens (including phenoxy) is 2. The Balaban J connectivity index is 2.23. The van der Waals surface area contributed by atoms with E-state index in [1.165, 1.54) is 7.11 Å². The number of ketones is 1. The molecule has 102 valence electrons. The van der Waals surface area contributed by atoms with Crippen LogP contribution in [0.3, 0.4) is 0 Å². The van der Waals surface area contributed by atoms with Gasteiger partial charge in [-0.3, -0.25) is 4.79 Å². The van der Waals surface area contributed by atoms with Crippen molar-refractivity contribution in [1.29, 1.82) is 0 Å². The first-order chi connectivity index (χ1) is 9.65. The monoisotopic (exact) mass is 270 g/mol. The predicted molar refractivity (Wildman–Crippen MR) is 74.8 cm³/mol. The van der Waals surface area contributed by atoms with Crippen molar-refractivity contribution in [2.24, 2.45) is 0 Å². The Kier molecular flexibility index (Phi) is 4.15. The number of hydrogen-bond donors (Lipinski definition) is 0. The number of carbonyl (C=O) groups is 2. The van der Waals surface area contributed by atoms with Gasteiger partial charge in [0.25, 0.3) is 5.78 Å². The van der Waals surface area contributed by atoms with Crippen LogP contribution in [0.15, 0.2) is 48.5 Å². The van der Waals surface area contributed by atoms with Gasteiger partial charge in [0.2, 0.25) is 0 Å². The summed E-state index contributed by atoms with van der Waals surface area (Å²) < 4.78 is 9.50. The molecule has 0 aliphatic heterocycles. The summed E-state index contributed by atoms with van der Waals surface area (Å²) in [6.45, 7) is 0. The Morgan fingerprint density at radius 1 is 0.800 bits per heavy atom. The molecule has 0 bridgehead atoms. The van der Waals surface area contributed by atoms with Crippen LogP contribution in [0, 0.1) is 0 Å². The molecule has 20 heavy (non-hydrogen) atoms. The maximum Gasteiger partial charge on any atom is 0.379 e. The van der Waals surface area contributed by atoms with E-state index in [1.807, 2.05) is 24.3 Å². The molecular weight excluding hydrogens is 256 g/mol. The van der Waals surface area contributed by atoms with Gasteiger partial charge in [0.05, 0.1) is 14.2 Å².